The molecule has 0 aliphatic heterocycles. The van der Waals surface area contributed by atoms with Crippen LogP contribution in [-0.4, -0.2) is 30.1 Å². The van der Waals surface area contributed by atoms with E-state index in [2.05, 4.69) is 20.6 Å². The molecule has 0 spiro atoms. The molecule has 1 unspecified atom stereocenters. The summed E-state index contributed by atoms with van der Waals surface area (Å²) in [5.41, 5.74) is 1.90. The molecule has 0 saturated heterocycles. The SMILES string of the molecule is CCNC(=NCc1cccc(C)n1)NCC(CC)Oc1cccc(F)c1.I. The molecule has 5 nitrogen and oxygen atoms in total. The standard InChI is InChI=1S/C20H27FN4O.HI/c1-4-18(26-19-11-7-9-16(21)12-19)14-24-20(22-5-2)23-13-17-10-6-8-15(3)25-17;/h6-12,18H,4-5,13-14H2,1-3H3,(H2,22,23,24);1H. The van der Waals surface area contributed by atoms with Crippen molar-refractivity contribution in [3.63, 3.8) is 0 Å². The number of aryl methyl sites for hydroxylation is 1. The summed E-state index contributed by atoms with van der Waals surface area (Å²) < 4.78 is 19.1. The van der Waals surface area contributed by atoms with E-state index in [9.17, 15) is 4.39 Å². The van der Waals surface area contributed by atoms with Crippen LogP contribution in [0.2, 0.25) is 0 Å². The predicted octanol–water partition coefficient (Wildman–Crippen LogP) is 4.06. The lowest BCUT2D eigenvalue weighted by molar-refractivity contribution is 0.198. The third-order valence-corrected chi connectivity index (χ3v) is 3.74. The zero-order valence-electron chi connectivity index (χ0n) is 16.0. The highest BCUT2D eigenvalue weighted by atomic mass is 127. The van der Waals surface area contributed by atoms with Gasteiger partial charge in [-0.15, -0.1) is 24.0 Å². The third-order valence-electron chi connectivity index (χ3n) is 3.74. The molecule has 1 aromatic heterocycles. The van der Waals surface area contributed by atoms with Crippen molar-refractivity contribution in [1.29, 1.82) is 0 Å². The lowest BCUT2D eigenvalue weighted by Crippen LogP contribution is -2.42. The third kappa shape index (κ3) is 8.55. The van der Waals surface area contributed by atoms with Gasteiger partial charge in [0.15, 0.2) is 5.96 Å². The Morgan fingerprint density at radius 2 is 1.96 bits per heavy atom. The van der Waals surface area contributed by atoms with E-state index in [1.54, 1.807) is 12.1 Å². The summed E-state index contributed by atoms with van der Waals surface area (Å²) in [6.07, 6.45) is 0.709. The first-order valence-corrected chi connectivity index (χ1v) is 8.97. The van der Waals surface area contributed by atoms with Crippen LogP contribution in [0.5, 0.6) is 5.75 Å². The van der Waals surface area contributed by atoms with Gasteiger partial charge in [-0.3, -0.25) is 4.98 Å². The van der Waals surface area contributed by atoms with Crippen molar-refractivity contribution in [2.45, 2.75) is 39.8 Å². The van der Waals surface area contributed by atoms with Crippen LogP contribution in [0.4, 0.5) is 4.39 Å². The van der Waals surface area contributed by atoms with Crippen LogP contribution in [0.25, 0.3) is 0 Å². The maximum atomic E-state index is 13.3. The van der Waals surface area contributed by atoms with Gasteiger partial charge in [0, 0.05) is 18.3 Å². The number of rotatable bonds is 8. The smallest absolute Gasteiger partial charge is 0.191 e. The molecule has 2 rings (SSSR count). The molecule has 0 bridgehead atoms. The van der Waals surface area contributed by atoms with Crippen LogP contribution in [0.3, 0.4) is 0 Å². The molecule has 0 amide bonds. The van der Waals surface area contributed by atoms with Crippen molar-refractivity contribution in [3.05, 3.63) is 59.7 Å². The van der Waals surface area contributed by atoms with E-state index in [4.69, 9.17) is 4.74 Å². The number of nitrogens with zero attached hydrogens (tertiary/aromatic N) is 2. The number of hydrogen-bond acceptors (Lipinski definition) is 3. The van der Waals surface area contributed by atoms with Gasteiger partial charge in [0.1, 0.15) is 17.7 Å². The Kier molecular flexibility index (Phi) is 10.7. The molecule has 1 aromatic carbocycles. The van der Waals surface area contributed by atoms with Crippen molar-refractivity contribution in [3.8, 4) is 5.75 Å². The highest BCUT2D eigenvalue weighted by Gasteiger charge is 2.10. The molecular formula is C20H28FIN4O. The Bertz CT molecular complexity index is 727. The van der Waals surface area contributed by atoms with Gasteiger partial charge in [-0.05, 0) is 44.5 Å². The second-order valence-electron chi connectivity index (χ2n) is 5.95. The molecule has 148 valence electrons. The first-order chi connectivity index (χ1) is 12.6. The fourth-order valence-corrected chi connectivity index (χ4v) is 2.40. The number of halogens is 2. The fraction of sp³-hybridized carbons (Fsp3) is 0.400. The largest absolute Gasteiger partial charge is 0.489 e. The molecule has 0 aliphatic rings. The molecular weight excluding hydrogens is 458 g/mol. The van der Waals surface area contributed by atoms with Crippen molar-refractivity contribution in [2.24, 2.45) is 4.99 Å². The first kappa shape index (κ1) is 23.1. The van der Waals surface area contributed by atoms with Gasteiger partial charge >= 0.3 is 0 Å². The van der Waals surface area contributed by atoms with E-state index >= 15 is 0 Å². The minimum Gasteiger partial charge on any atom is -0.489 e. The molecule has 7 heteroatoms. The van der Waals surface area contributed by atoms with Crippen molar-refractivity contribution < 1.29 is 9.13 Å². The average Bonchev–Trinajstić information content (AvgIpc) is 2.63. The zero-order chi connectivity index (χ0) is 18.8. The van der Waals surface area contributed by atoms with Gasteiger partial charge in [0.2, 0.25) is 0 Å². The number of nitrogens with one attached hydrogen (secondary N) is 2. The lowest BCUT2D eigenvalue weighted by Gasteiger charge is -2.20. The van der Waals surface area contributed by atoms with E-state index in [0.717, 1.165) is 24.4 Å². The molecule has 0 saturated carbocycles. The van der Waals surface area contributed by atoms with Crippen LogP contribution >= 0.6 is 24.0 Å². The Labute approximate surface area is 177 Å². The van der Waals surface area contributed by atoms with Crippen LogP contribution in [-0.2, 0) is 6.54 Å². The quantitative estimate of drug-likeness (QED) is 0.336. The Balaban J connectivity index is 0.00000364. The molecule has 0 fully saturated rings. The number of pyridine rings is 1. The summed E-state index contributed by atoms with van der Waals surface area (Å²) in [7, 11) is 0. The van der Waals surface area contributed by atoms with E-state index in [0.29, 0.717) is 24.8 Å². The second kappa shape index (κ2) is 12.5. The average molecular weight is 486 g/mol. The van der Waals surface area contributed by atoms with Gasteiger partial charge in [-0.1, -0.05) is 19.1 Å². The highest BCUT2D eigenvalue weighted by molar-refractivity contribution is 14.0. The number of ether oxygens (including phenoxy) is 1. The monoisotopic (exact) mass is 486 g/mol. The normalized spacial score (nSPS) is 12.1. The fourth-order valence-electron chi connectivity index (χ4n) is 2.40. The van der Waals surface area contributed by atoms with Gasteiger partial charge in [0.25, 0.3) is 0 Å². The van der Waals surface area contributed by atoms with Crippen molar-refractivity contribution >= 4 is 29.9 Å². The maximum absolute atomic E-state index is 13.3. The summed E-state index contributed by atoms with van der Waals surface area (Å²) >= 11 is 0. The first-order valence-electron chi connectivity index (χ1n) is 8.97. The second-order valence-corrected chi connectivity index (χ2v) is 5.95. The Morgan fingerprint density at radius 3 is 2.63 bits per heavy atom. The summed E-state index contributed by atoms with van der Waals surface area (Å²) in [5, 5.41) is 6.50. The minimum atomic E-state index is -0.300. The number of benzene rings is 1. The van der Waals surface area contributed by atoms with E-state index in [1.165, 1.54) is 12.1 Å². The summed E-state index contributed by atoms with van der Waals surface area (Å²) in [6.45, 7) is 7.84. The van der Waals surface area contributed by atoms with Crippen molar-refractivity contribution in [1.82, 2.24) is 15.6 Å². The summed E-state index contributed by atoms with van der Waals surface area (Å²) in [6, 6.07) is 12.1. The molecule has 1 atom stereocenters. The number of aromatic nitrogens is 1. The molecule has 0 radical (unpaired) electrons. The van der Waals surface area contributed by atoms with Crippen LogP contribution in [0.15, 0.2) is 47.5 Å². The maximum Gasteiger partial charge on any atom is 0.191 e. The van der Waals surface area contributed by atoms with Gasteiger partial charge in [0.05, 0.1) is 18.8 Å². The Hall–Kier alpha value is -1.90. The van der Waals surface area contributed by atoms with E-state index in [-0.39, 0.29) is 35.9 Å². The number of aliphatic imine (C=N–C) groups is 1. The van der Waals surface area contributed by atoms with E-state index < -0.39 is 0 Å². The lowest BCUT2D eigenvalue weighted by atomic mass is 10.2. The van der Waals surface area contributed by atoms with E-state index in [1.807, 2.05) is 39.0 Å². The highest BCUT2D eigenvalue weighted by Crippen LogP contribution is 2.14. The molecule has 27 heavy (non-hydrogen) atoms. The summed E-state index contributed by atoms with van der Waals surface area (Å²) in [4.78, 5) is 9.03. The molecule has 2 aromatic rings. The van der Waals surface area contributed by atoms with Gasteiger partial charge in [-0.2, -0.15) is 0 Å². The van der Waals surface area contributed by atoms with Crippen molar-refractivity contribution in [2.75, 3.05) is 13.1 Å². The zero-order valence-corrected chi connectivity index (χ0v) is 18.4. The van der Waals surface area contributed by atoms with Gasteiger partial charge in [-0.25, -0.2) is 9.38 Å². The predicted molar refractivity (Wildman–Crippen MR) is 118 cm³/mol. The topological polar surface area (TPSA) is 58.5 Å². The van der Waals surface area contributed by atoms with Crippen LogP contribution < -0.4 is 15.4 Å². The van der Waals surface area contributed by atoms with Crippen LogP contribution in [0.1, 0.15) is 31.7 Å². The molecule has 0 aliphatic carbocycles. The Morgan fingerprint density at radius 1 is 1.19 bits per heavy atom. The number of hydrogen-bond donors (Lipinski definition) is 2. The molecule has 2 N–H and O–H groups in total. The molecule has 1 heterocycles. The number of guanidine groups is 1. The summed E-state index contributed by atoms with van der Waals surface area (Å²) in [5.74, 6) is 0.938. The van der Waals surface area contributed by atoms with Crippen LogP contribution in [0, 0.1) is 12.7 Å². The minimum absolute atomic E-state index is 0. The van der Waals surface area contributed by atoms with Gasteiger partial charge < -0.3 is 15.4 Å².